The van der Waals surface area contributed by atoms with E-state index >= 15 is 0 Å². The summed E-state index contributed by atoms with van der Waals surface area (Å²) < 4.78 is 3.99. The smallest absolute Gasteiger partial charge is 0.295 e. The third-order valence-electron chi connectivity index (χ3n) is 4.84. The van der Waals surface area contributed by atoms with E-state index in [-0.39, 0.29) is 21.1 Å². The Morgan fingerprint density at radius 1 is 0.774 bits per heavy atom. The van der Waals surface area contributed by atoms with Gasteiger partial charge in [0.05, 0.1) is 0 Å². The predicted octanol–water partition coefficient (Wildman–Crippen LogP) is 4.53. The van der Waals surface area contributed by atoms with Crippen molar-refractivity contribution in [2.24, 2.45) is 0 Å². The van der Waals surface area contributed by atoms with Gasteiger partial charge in [-0.15, -0.1) is 23.8 Å². The van der Waals surface area contributed by atoms with Gasteiger partial charge < -0.3 is 0 Å². The van der Waals surface area contributed by atoms with E-state index in [0.29, 0.717) is 0 Å². The second-order valence-electron chi connectivity index (χ2n) is 6.97. The van der Waals surface area contributed by atoms with Crippen LogP contribution in [0.2, 0.25) is 0 Å². The Bertz CT molecular complexity index is 1250. The van der Waals surface area contributed by atoms with Crippen molar-refractivity contribution in [3.8, 4) is 28.1 Å². The van der Waals surface area contributed by atoms with Crippen LogP contribution in [0.1, 0.15) is 5.56 Å². The molecule has 5 heteroatoms. The maximum Gasteiger partial charge on any atom is 2.00 e. The molecule has 5 aromatic rings. The molecule has 0 saturated heterocycles. The first-order valence-corrected chi connectivity index (χ1v) is 9.80. The van der Waals surface area contributed by atoms with Crippen molar-refractivity contribution in [1.82, 2.24) is 14.8 Å². The van der Waals surface area contributed by atoms with E-state index in [0.717, 1.165) is 40.2 Å². The van der Waals surface area contributed by atoms with Crippen LogP contribution >= 0.6 is 0 Å². The molecule has 2 aromatic carbocycles. The zero-order valence-corrected chi connectivity index (χ0v) is 18.9. The molecule has 0 aliphatic heterocycles. The van der Waals surface area contributed by atoms with Crippen molar-refractivity contribution in [1.29, 1.82) is 0 Å². The molecule has 0 unspecified atom stereocenters. The fourth-order valence-corrected chi connectivity index (χ4v) is 3.42. The van der Waals surface area contributed by atoms with Gasteiger partial charge in [0, 0.05) is 36.4 Å². The number of benzene rings is 2. The van der Waals surface area contributed by atoms with E-state index in [1.54, 1.807) is 12.4 Å². The molecule has 5 rings (SSSR count). The number of rotatable bonds is 5. The topological polar surface area (TPSA) is 34.6 Å². The molecule has 0 N–H and O–H groups in total. The Morgan fingerprint density at radius 2 is 1.65 bits per heavy atom. The summed E-state index contributed by atoms with van der Waals surface area (Å²) in [6.45, 7) is 0.765. The Balaban J connectivity index is 0.00000231. The van der Waals surface area contributed by atoms with Crippen LogP contribution in [0.4, 0.5) is 0 Å². The van der Waals surface area contributed by atoms with Crippen LogP contribution in [-0.2, 0) is 27.6 Å². The van der Waals surface area contributed by atoms with Crippen molar-refractivity contribution in [2.45, 2.75) is 6.54 Å². The van der Waals surface area contributed by atoms with E-state index in [1.807, 2.05) is 53.3 Å². The summed E-state index contributed by atoms with van der Waals surface area (Å²) >= 11 is 0. The van der Waals surface area contributed by atoms with Gasteiger partial charge in [-0.2, -0.15) is 34.9 Å². The summed E-state index contributed by atoms with van der Waals surface area (Å²) in [6.07, 6.45) is 9.63. The summed E-state index contributed by atoms with van der Waals surface area (Å²) in [4.78, 5) is 4.51. The molecule has 0 aliphatic carbocycles. The average molecular weight is 583 g/mol. The van der Waals surface area contributed by atoms with Gasteiger partial charge >= 0.3 is 21.1 Å². The van der Waals surface area contributed by atoms with Crippen LogP contribution in [0.5, 0.6) is 0 Å². The molecular weight excluding hydrogens is 563 g/mol. The second-order valence-corrected chi connectivity index (χ2v) is 6.97. The van der Waals surface area contributed by atoms with Crippen LogP contribution in [-0.4, -0.2) is 14.8 Å². The Morgan fingerprint density at radius 3 is 2.42 bits per heavy atom. The average Bonchev–Trinajstić information content (AvgIpc) is 3.35. The van der Waals surface area contributed by atoms with Crippen LogP contribution in [0.25, 0.3) is 28.1 Å². The number of nitrogens with zero attached hydrogens (tertiary/aromatic N) is 4. The minimum atomic E-state index is 0. The van der Waals surface area contributed by atoms with E-state index in [4.69, 9.17) is 0 Å². The molecule has 0 amide bonds. The molecule has 152 valence electrons. The Kier molecular flexibility index (Phi) is 6.49. The molecule has 4 nitrogen and oxygen atoms in total. The van der Waals surface area contributed by atoms with Crippen LogP contribution in [0, 0.1) is 12.1 Å². The summed E-state index contributed by atoms with van der Waals surface area (Å²) in [6, 6.07) is 31.4. The van der Waals surface area contributed by atoms with Gasteiger partial charge in [0.2, 0.25) is 0 Å². The number of aromatic nitrogens is 4. The van der Waals surface area contributed by atoms with E-state index in [1.165, 1.54) is 0 Å². The van der Waals surface area contributed by atoms with E-state index < -0.39 is 0 Å². The molecule has 0 bridgehead atoms. The molecule has 0 spiro atoms. The summed E-state index contributed by atoms with van der Waals surface area (Å²) in [5.74, 6) is 0. The van der Waals surface area contributed by atoms with Gasteiger partial charge in [0.1, 0.15) is 0 Å². The van der Waals surface area contributed by atoms with Crippen LogP contribution < -0.4 is 4.57 Å². The minimum absolute atomic E-state index is 0. The second kappa shape index (κ2) is 9.63. The molecule has 31 heavy (non-hydrogen) atoms. The van der Waals surface area contributed by atoms with Gasteiger partial charge in [-0.25, -0.2) is 10.1 Å². The summed E-state index contributed by atoms with van der Waals surface area (Å²) in [5, 5.41) is 4.40. The molecule has 3 aromatic heterocycles. The monoisotopic (exact) mass is 582 g/mol. The molecule has 0 atom stereocenters. The maximum atomic E-state index is 4.51. The first-order valence-electron chi connectivity index (χ1n) is 9.80. The van der Waals surface area contributed by atoms with Gasteiger partial charge in [0.15, 0.2) is 18.9 Å². The number of hydrogen-bond acceptors (Lipinski definition) is 2. The molecular formula is C26H19N4Pt+. The SMILES string of the molecule is [Pt+2].[c-]1c(C[n+]2ccccc2)cccc1-c1[c-]c(-c2ccccn2)cc(-n2cccn2)c1. The van der Waals surface area contributed by atoms with Crippen molar-refractivity contribution in [3.63, 3.8) is 0 Å². The zero-order valence-electron chi connectivity index (χ0n) is 16.6. The Labute approximate surface area is 196 Å². The largest absolute Gasteiger partial charge is 2.00 e. The molecule has 0 fully saturated rings. The number of hydrogen-bond donors (Lipinski definition) is 0. The quantitative estimate of drug-likeness (QED) is 0.226. The minimum Gasteiger partial charge on any atom is -0.295 e. The van der Waals surface area contributed by atoms with Crippen molar-refractivity contribution in [2.75, 3.05) is 0 Å². The zero-order chi connectivity index (χ0) is 20.2. The van der Waals surface area contributed by atoms with Crippen molar-refractivity contribution in [3.05, 3.63) is 121 Å². The van der Waals surface area contributed by atoms with Gasteiger partial charge in [-0.1, -0.05) is 23.8 Å². The van der Waals surface area contributed by atoms with Gasteiger partial charge in [0.25, 0.3) is 0 Å². The summed E-state index contributed by atoms with van der Waals surface area (Å²) in [5.41, 5.74) is 5.84. The third-order valence-corrected chi connectivity index (χ3v) is 4.84. The van der Waals surface area contributed by atoms with E-state index in [2.05, 4.69) is 69.5 Å². The maximum absolute atomic E-state index is 4.51. The first kappa shape index (κ1) is 20.9. The van der Waals surface area contributed by atoms with Crippen molar-refractivity contribution >= 4 is 0 Å². The molecule has 0 radical (unpaired) electrons. The predicted molar refractivity (Wildman–Crippen MR) is 116 cm³/mol. The summed E-state index contributed by atoms with van der Waals surface area (Å²) in [7, 11) is 0. The van der Waals surface area contributed by atoms with Gasteiger partial charge in [-0.05, 0) is 17.8 Å². The van der Waals surface area contributed by atoms with Crippen LogP contribution in [0.15, 0.2) is 104 Å². The third kappa shape index (κ3) is 4.87. The van der Waals surface area contributed by atoms with Crippen LogP contribution in [0.3, 0.4) is 0 Å². The fourth-order valence-electron chi connectivity index (χ4n) is 3.42. The fraction of sp³-hybridized carbons (Fsp3) is 0.0385. The normalized spacial score (nSPS) is 10.5. The molecule has 0 aliphatic rings. The van der Waals surface area contributed by atoms with Crippen molar-refractivity contribution < 1.29 is 25.6 Å². The first-order chi connectivity index (χ1) is 14.8. The standard InChI is InChI=1S/C26H19N4.Pt/c1-4-13-29(14-5-1)20-21-8-6-9-22(16-21)23-17-24(26-10-2-3-11-27-26)19-25(18-23)30-15-7-12-28-30;/h1-15,18-19H,20H2;/q-1;+2. The molecule has 0 saturated carbocycles. The molecule has 3 heterocycles. The number of pyridine rings is 2. The van der Waals surface area contributed by atoms with Gasteiger partial charge in [-0.3, -0.25) is 9.67 Å². The Hall–Kier alpha value is -3.36. The van der Waals surface area contributed by atoms with E-state index in [9.17, 15) is 0 Å².